The molecule has 0 radical (unpaired) electrons. The molecule has 1 aliphatic rings. The molecule has 3 rings (SSSR count). The number of hydrogen-bond acceptors (Lipinski definition) is 4. The van der Waals surface area contributed by atoms with Gasteiger partial charge in [0.05, 0.1) is 19.7 Å². The first-order valence-corrected chi connectivity index (χ1v) is 9.94. The van der Waals surface area contributed by atoms with Crippen LogP contribution in [0.15, 0.2) is 42.5 Å². The fraction of sp³-hybridized carbons (Fsp3) is 0.435. The Balaban J connectivity index is 1.47. The van der Waals surface area contributed by atoms with Crippen molar-refractivity contribution in [2.45, 2.75) is 26.8 Å². The topological polar surface area (TPSA) is 44.8 Å². The number of amides is 1. The van der Waals surface area contributed by atoms with Gasteiger partial charge in [0.25, 0.3) is 0 Å². The molecule has 0 saturated carbocycles. The molecule has 1 fully saturated rings. The molecular formula is C23H31N3O2. The van der Waals surface area contributed by atoms with E-state index in [1.54, 1.807) is 7.11 Å². The number of carbonyl (C=O) groups excluding carboxylic acids is 1. The number of ether oxygens (including phenoxy) is 1. The Morgan fingerprint density at radius 2 is 1.71 bits per heavy atom. The van der Waals surface area contributed by atoms with E-state index < -0.39 is 0 Å². The van der Waals surface area contributed by atoms with Crippen molar-refractivity contribution in [1.29, 1.82) is 0 Å². The van der Waals surface area contributed by atoms with Crippen molar-refractivity contribution in [2.24, 2.45) is 0 Å². The molecule has 0 bridgehead atoms. The zero-order valence-electron chi connectivity index (χ0n) is 17.4. The third-order valence-electron chi connectivity index (χ3n) is 5.59. The minimum absolute atomic E-state index is 0.0207. The molecule has 1 atom stereocenters. The fourth-order valence-electron chi connectivity index (χ4n) is 3.56. The first-order valence-electron chi connectivity index (χ1n) is 9.94. The molecule has 0 aliphatic carbocycles. The number of hydrogen-bond donors (Lipinski definition) is 1. The van der Waals surface area contributed by atoms with Gasteiger partial charge in [-0.2, -0.15) is 0 Å². The Labute approximate surface area is 168 Å². The highest BCUT2D eigenvalue weighted by Gasteiger charge is 2.20. The number of piperazine rings is 1. The second kappa shape index (κ2) is 9.11. The molecule has 1 aliphatic heterocycles. The Kier molecular flexibility index (Phi) is 6.57. The number of carbonyl (C=O) groups is 1. The van der Waals surface area contributed by atoms with Crippen LogP contribution < -0.4 is 15.0 Å². The van der Waals surface area contributed by atoms with Gasteiger partial charge in [-0.25, -0.2) is 0 Å². The summed E-state index contributed by atoms with van der Waals surface area (Å²) in [6.07, 6.45) is 0. The Morgan fingerprint density at radius 3 is 2.32 bits per heavy atom. The number of methoxy groups -OCH3 is 1. The van der Waals surface area contributed by atoms with Gasteiger partial charge in [0.2, 0.25) is 5.91 Å². The smallest absolute Gasteiger partial charge is 0.234 e. The van der Waals surface area contributed by atoms with Gasteiger partial charge in [-0.05, 0) is 61.7 Å². The number of rotatable bonds is 6. The Bertz CT molecular complexity index is 796. The highest BCUT2D eigenvalue weighted by molar-refractivity contribution is 5.78. The molecule has 2 aromatic rings. The zero-order chi connectivity index (χ0) is 20.1. The summed E-state index contributed by atoms with van der Waals surface area (Å²) in [4.78, 5) is 17.1. The van der Waals surface area contributed by atoms with Gasteiger partial charge in [0, 0.05) is 31.9 Å². The van der Waals surface area contributed by atoms with Crippen molar-refractivity contribution in [3.05, 3.63) is 59.2 Å². The second-order valence-corrected chi connectivity index (χ2v) is 7.59. The number of aryl methyl sites for hydroxylation is 2. The lowest BCUT2D eigenvalue weighted by molar-refractivity contribution is -0.123. The summed E-state index contributed by atoms with van der Waals surface area (Å²) < 4.78 is 5.22. The van der Waals surface area contributed by atoms with Crippen molar-refractivity contribution in [1.82, 2.24) is 10.2 Å². The lowest BCUT2D eigenvalue weighted by atomic mass is 10.0. The van der Waals surface area contributed by atoms with Gasteiger partial charge in [-0.15, -0.1) is 0 Å². The summed E-state index contributed by atoms with van der Waals surface area (Å²) in [6, 6.07) is 14.6. The molecule has 0 aromatic heterocycles. The molecule has 0 spiro atoms. The van der Waals surface area contributed by atoms with E-state index in [1.807, 2.05) is 19.1 Å². The van der Waals surface area contributed by atoms with E-state index in [1.165, 1.54) is 16.8 Å². The minimum Gasteiger partial charge on any atom is -0.497 e. The maximum Gasteiger partial charge on any atom is 0.234 e. The van der Waals surface area contributed by atoms with Crippen LogP contribution in [0.5, 0.6) is 5.75 Å². The van der Waals surface area contributed by atoms with Crippen molar-refractivity contribution < 1.29 is 9.53 Å². The van der Waals surface area contributed by atoms with Crippen LogP contribution in [0, 0.1) is 13.8 Å². The van der Waals surface area contributed by atoms with Gasteiger partial charge in [-0.1, -0.05) is 18.2 Å². The van der Waals surface area contributed by atoms with E-state index in [2.05, 4.69) is 59.3 Å². The fourth-order valence-corrected chi connectivity index (χ4v) is 3.56. The maximum absolute atomic E-state index is 12.5. The van der Waals surface area contributed by atoms with E-state index in [4.69, 9.17) is 4.74 Å². The third kappa shape index (κ3) is 5.04. The first kappa shape index (κ1) is 20.2. The van der Waals surface area contributed by atoms with E-state index in [9.17, 15) is 4.79 Å². The Morgan fingerprint density at radius 1 is 1.04 bits per heavy atom. The quantitative estimate of drug-likeness (QED) is 0.834. The Hall–Kier alpha value is -2.53. The molecule has 1 N–H and O–H groups in total. The van der Waals surface area contributed by atoms with E-state index in [-0.39, 0.29) is 11.9 Å². The summed E-state index contributed by atoms with van der Waals surface area (Å²) >= 11 is 0. The van der Waals surface area contributed by atoms with Gasteiger partial charge >= 0.3 is 0 Å². The van der Waals surface area contributed by atoms with Crippen LogP contribution >= 0.6 is 0 Å². The van der Waals surface area contributed by atoms with Crippen LogP contribution in [0.3, 0.4) is 0 Å². The van der Waals surface area contributed by atoms with Crippen LogP contribution in [0.1, 0.15) is 29.7 Å². The third-order valence-corrected chi connectivity index (χ3v) is 5.59. The SMILES string of the molecule is COc1ccc(N2CCN(CC(=O)N[C@@H](C)c3ccc(C)c(C)c3)CC2)cc1. The monoisotopic (exact) mass is 381 g/mol. The summed E-state index contributed by atoms with van der Waals surface area (Å²) in [5, 5.41) is 3.14. The molecular weight excluding hydrogens is 350 g/mol. The zero-order valence-corrected chi connectivity index (χ0v) is 17.4. The van der Waals surface area contributed by atoms with E-state index >= 15 is 0 Å². The van der Waals surface area contributed by atoms with Gasteiger partial charge in [0.15, 0.2) is 0 Å². The number of anilines is 1. The predicted molar refractivity (Wildman–Crippen MR) is 114 cm³/mol. The summed E-state index contributed by atoms with van der Waals surface area (Å²) in [6.45, 7) is 10.3. The van der Waals surface area contributed by atoms with Crippen LogP contribution in [0.2, 0.25) is 0 Å². The summed E-state index contributed by atoms with van der Waals surface area (Å²) in [5.74, 6) is 0.959. The van der Waals surface area contributed by atoms with Gasteiger partial charge in [-0.3, -0.25) is 9.69 Å². The number of nitrogens with one attached hydrogen (secondary N) is 1. The molecule has 1 amide bonds. The summed E-state index contributed by atoms with van der Waals surface area (Å²) in [7, 11) is 1.68. The molecule has 28 heavy (non-hydrogen) atoms. The minimum atomic E-state index is 0.0207. The predicted octanol–water partition coefficient (Wildman–Crippen LogP) is 3.31. The molecule has 5 nitrogen and oxygen atoms in total. The number of nitrogens with zero attached hydrogens (tertiary/aromatic N) is 2. The average molecular weight is 382 g/mol. The lowest BCUT2D eigenvalue weighted by Crippen LogP contribution is -2.49. The lowest BCUT2D eigenvalue weighted by Gasteiger charge is -2.36. The van der Waals surface area contributed by atoms with Gasteiger partial charge in [0.1, 0.15) is 5.75 Å². The largest absolute Gasteiger partial charge is 0.497 e. The highest BCUT2D eigenvalue weighted by Crippen LogP contribution is 2.21. The van der Waals surface area contributed by atoms with Crippen molar-refractivity contribution in [3.8, 4) is 5.75 Å². The van der Waals surface area contributed by atoms with E-state index in [0.717, 1.165) is 37.5 Å². The molecule has 5 heteroatoms. The molecule has 0 unspecified atom stereocenters. The van der Waals surface area contributed by atoms with E-state index in [0.29, 0.717) is 6.54 Å². The van der Waals surface area contributed by atoms with Crippen molar-refractivity contribution in [3.63, 3.8) is 0 Å². The van der Waals surface area contributed by atoms with Crippen LogP contribution in [0.4, 0.5) is 5.69 Å². The van der Waals surface area contributed by atoms with Crippen molar-refractivity contribution in [2.75, 3.05) is 44.7 Å². The maximum atomic E-state index is 12.5. The molecule has 150 valence electrons. The van der Waals surface area contributed by atoms with Crippen LogP contribution in [-0.2, 0) is 4.79 Å². The standard InChI is InChI=1S/C23H31N3O2/c1-17-5-6-20(15-18(17)2)19(3)24-23(27)16-25-11-13-26(14-12-25)21-7-9-22(28-4)10-8-21/h5-10,15,19H,11-14,16H2,1-4H3,(H,24,27)/t19-/m0/s1. The van der Waals surface area contributed by atoms with Crippen molar-refractivity contribution >= 4 is 11.6 Å². The van der Waals surface area contributed by atoms with Crippen LogP contribution in [-0.4, -0.2) is 50.6 Å². The second-order valence-electron chi connectivity index (χ2n) is 7.59. The molecule has 1 saturated heterocycles. The summed E-state index contributed by atoms with van der Waals surface area (Å²) in [5.41, 5.74) is 4.89. The first-order chi connectivity index (χ1) is 13.5. The number of benzene rings is 2. The highest BCUT2D eigenvalue weighted by atomic mass is 16.5. The van der Waals surface area contributed by atoms with Gasteiger partial charge < -0.3 is 15.0 Å². The average Bonchev–Trinajstić information content (AvgIpc) is 2.70. The molecule has 2 aromatic carbocycles. The van der Waals surface area contributed by atoms with Crippen LogP contribution in [0.25, 0.3) is 0 Å². The molecule has 1 heterocycles. The normalized spacial score (nSPS) is 15.9.